The van der Waals surface area contributed by atoms with E-state index in [4.69, 9.17) is 115 Å². The molecule has 47 heteroatoms. The quantitative estimate of drug-likeness (QED) is 0.0151. The number of nitrogens with zero attached hydrogens (tertiary/aromatic N) is 3. The normalized spacial score (nSPS) is 24.3. The average Bonchev–Trinajstić information content (AvgIpc) is 1.57. The molecule has 772 valence electrons. The molecule has 1 aromatic carbocycles. The zero-order valence-electron chi connectivity index (χ0n) is 78.6. The van der Waals surface area contributed by atoms with Gasteiger partial charge in [0.05, 0.1) is 182 Å². The van der Waals surface area contributed by atoms with Crippen molar-refractivity contribution in [2.24, 2.45) is 45.5 Å². The summed E-state index contributed by atoms with van der Waals surface area (Å²) in [6, 6.07) is 3.12. The molecule has 0 radical (unpaired) electrons. The van der Waals surface area contributed by atoms with Crippen LogP contribution in [0.3, 0.4) is 0 Å². The molecule has 5 aliphatic heterocycles. The van der Waals surface area contributed by atoms with Crippen LogP contribution in [0.15, 0.2) is 45.4 Å². The number of piperidine rings is 1. The number of aliphatic hydroxyl groups excluding tert-OH is 8. The molecule has 6 heterocycles. The number of ketones is 3. The van der Waals surface area contributed by atoms with Crippen LogP contribution in [0.2, 0.25) is 10.0 Å². The summed E-state index contributed by atoms with van der Waals surface area (Å²) in [4.78, 5) is 126. The van der Waals surface area contributed by atoms with E-state index >= 15 is 0 Å². The molecule has 7 rings (SSSR count). The number of ether oxygens (including phenoxy) is 16. The van der Waals surface area contributed by atoms with Crippen LogP contribution >= 0.6 is 23.2 Å². The number of hydrogen-bond donors (Lipinski definition) is 16. The van der Waals surface area contributed by atoms with Crippen molar-refractivity contribution in [3.05, 3.63) is 63.2 Å². The van der Waals surface area contributed by atoms with Crippen LogP contribution in [-0.2, 0) is 111 Å². The zero-order valence-corrected chi connectivity index (χ0v) is 80.1. The molecule has 0 saturated carbocycles. The number of hydrazine groups is 1. The number of Topliss-reactive ketones (excluding diaryl/α,β-unsaturated/α-hetero) is 3. The minimum atomic E-state index is -1.48. The average molecular weight is 1980 g/mol. The Bertz CT molecular complexity index is 3940. The lowest BCUT2D eigenvalue weighted by Gasteiger charge is -2.42. The number of aliphatic imine (C=N–C) groups is 1. The fourth-order valence-corrected chi connectivity index (χ4v) is 15.9. The number of likely N-dealkylation sites (tertiary alicyclic amines) is 1. The minimum Gasteiger partial charge on any atom is -0.484 e. The number of halogens is 2. The van der Waals surface area contributed by atoms with Gasteiger partial charge in [0.15, 0.2) is 47.9 Å². The summed E-state index contributed by atoms with van der Waals surface area (Å²) in [5.74, 6) is -4.85. The summed E-state index contributed by atoms with van der Waals surface area (Å²) < 4.78 is 98.0. The third-order valence-electron chi connectivity index (χ3n) is 23.0. The van der Waals surface area contributed by atoms with Gasteiger partial charge in [-0.2, -0.15) is 0 Å². The Morgan fingerprint density at radius 3 is 1.53 bits per heavy atom. The van der Waals surface area contributed by atoms with E-state index in [0.717, 1.165) is 5.70 Å². The van der Waals surface area contributed by atoms with Crippen LogP contribution in [0.5, 0.6) is 5.75 Å². The highest BCUT2D eigenvalue weighted by atomic mass is 35.5. The van der Waals surface area contributed by atoms with Crippen LogP contribution in [0.1, 0.15) is 132 Å². The van der Waals surface area contributed by atoms with Crippen LogP contribution < -0.4 is 48.2 Å². The lowest BCUT2D eigenvalue weighted by Crippen LogP contribution is -2.64. The molecule has 4 saturated heterocycles. The number of hydrogen-bond acceptors (Lipinski definition) is 37. The molecule has 0 spiro atoms. The van der Waals surface area contributed by atoms with Crippen LogP contribution in [0, 0.1) is 29.1 Å². The largest absolute Gasteiger partial charge is 0.484 e. The Morgan fingerprint density at radius 2 is 1.04 bits per heavy atom. The Labute approximate surface area is 801 Å². The van der Waals surface area contributed by atoms with Gasteiger partial charge in [0.1, 0.15) is 77.9 Å². The number of allylic oxidation sites excluding steroid dienone is 1. The number of carbonyl (C=O) groups excluding carboxylic acids is 9. The maximum Gasteiger partial charge on any atom is 0.287 e. The number of benzene rings is 1. The van der Waals surface area contributed by atoms with Crippen molar-refractivity contribution in [3.63, 3.8) is 0 Å². The highest BCUT2D eigenvalue weighted by molar-refractivity contribution is 6.45. The molecule has 3 unspecified atom stereocenters. The molecule has 4 fully saturated rings. The topological polar surface area (TPSA) is 619 Å². The number of nitrogens with two attached hydrogens (primary N) is 2. The first-order valence-electron chi connectivity index (χ1n) is 46.2. The van der Waals surface area contributed by atoms with E-state index in [1.165, 1.54) is 31.2 Å². The monoisotopic (exact) mass is 1980 g/mol. The summed E-state index contributed by atoms with van der Waals surface area (Å²) in [6.07, 6.45) is -9.75. The first-order chi connectivity index (χ1) is 65.2. The van der Waals surface area contributed by atoms with E-state index in [1.54, 1.807) is 30.8 Å². The lowest BCUT2D eigenvalue weighted by atomic mass is 9.85. The number of rotatable bonds is 67. The molecule has 2 aromatic rings. The minimum absolute atomic E-state index is 0.00694. The van der Waals surface area contributed by atoms with Gasteiger partial charge in [-0.05, 0) is 61.9 Å². The third kappa shape index (κ3) is 39.2. The standard InChI is InChI=1S/C89H143Cl2N11O34/c1-8-65-80(115)77(112)54(4)85(134-65)129-40-37-123-34-31-120-28-20-94-70(108)17-25-126-50-89(51-127-26-18-71(109)95-21-29-121-32-35-124-38-41-130-86-55(5)78(113)81(116)68(47-103)135-86,52-128-27-19-72(110)96-22-30-122-33-36-125-39-42-131-87-76(98-56(6)105)83(118)82(117)69(48-104)136-87)45-58(106)46-97-84(119)67-12-9-59(133-67)49-132-66-13-10-60(74(90)75(66)91)79(114)62-44-63(101(7)100-62)57-15-23-102(24-16-57)73(111)14-11-64(107)61(43-53(2)3)99-88(92)93/h9-10,12-13,44,53-55,57,61-62,65,68-69,76-78,80-83,85-87,100,103-104,112-113,115-118H,8,11,14-43,45-52H2,1-7H3,(H,94,108)(H,95,109)(H,96,110)(H,97,119)(H,98,105)(H4,92,93,99)/t54-,55-,61-,62?,65-,68-,69-,76-,77-,78-,80+,81+,82+,83-,85-,86?,87-,89?/m1/s1. The molecular formula is C89H143Cl2N11O34. The second kappa shape index (κ2) is 62.0. The van der Waals surface area contributed by atoms with Gasteiger partial charge in [0, 0.05) is 120 Å². The number of amides is 6. The van der Waals surface area contributed by atoms with E-state index in [0.29, 0.717) is 38.8 Å². The zero-order chi connectivity index (χ0) is 99.2. The number of carbonyl (C=O) groups is 9. The summed E-state index contributed by atoms with van der Waals surface area (Å²) in [5.41, 5.74) is 13.9. The number of guanidine groups is 1. The van der Waals surface area contributed by atoms with Gasteiger partial charge in [-0.15, -0.1) is 0 Å². The highest BCUT2D eigenvalue weighted by Crippen LogP contribution is 2.38. The molecule has 45 nitrogen and oxygen atoms in total. The van der Waals surface area contributed by atoms with Crippen molar-refractivity contribution in [2.75, 3.05) is 198 Å². The fourth-order valence-electron chi connectivity index (χ4n) is 15.4. The lowest BCUT2D eigenvalue weighted by molar-refractivity contribution is -0.284. The van der Waals surface area contributed by atoms with Crippen LogP contribution in [-0.4, -0.2) is 400 Å². The smallest absolute Gasteiger partial charge is 0.287 e. The van der Waals surface area contributed by atoms with Crippen molar-refractivity contribution in [3.8, 4) is 5.75 Å². The molecule has 18 N–H and O–H groups in total. The van der Waals surface area contributed by atoms with Gasteiger partial charge in [0.2, 0.25) is 29.5 Å². The van der Waals surface area contributed by atoms with Gasteiger partial charge in [-0.25, -0.2) is 10.4 Å². The summed E-state index contributed by atoms with van der Waals surface area (Å²) in [7, 11) is 1.80. The van der Waals surface area contributed by atoms with E-state index in [2.05, 4.69) is 37.0 Å². The van der Waals surface area contributed by atoms with Gasteiger partial charge in [0.25, 0.3) is 5.91 Å². The maximum absolute atomic E-state index is 14.4. The molecule has 18 atom stereocenters. The first kappa shape index (κ1) is 116. The first-order valence-corrected chi connectivity index (χ1v) is 47.0. The van der Waals surface area contributed by atoms with Crippen LogP contribution in [0.4, 0.5) is 0 Å². The van der Waals surface area contributed by atoms with Gasteiger partial charge in [-0.3, -0.25) is 43.2 Å². The molecule has 0 aliphatic carbocycles. The second-order valence-corrected chi connectivity index (χ2v) is 34.9. The van der Waals surface area contributed by atoms with Gasteiger partial charge < -0.3 is 169 Å². The second-order valence-electron chi connectivity index (χ2n) is 34.2. The SMILES string of the molecule is CC[C@H]1O[C@@H](OCCOCCOCCNC(=O)CCOCC(COCCC(=O)NCCOCCOCCOC2O[C@H](CO)[C@H](O)[C@H](O)[C@H]2C)(COCCC(=O)NCCOCCOCCO[C@@H]2O[C@H](CO)[C@H](O)[C@H](O)[C@H]2NC(C)=O)CC(=O)CNC(=O)c2ccc(COc3ccc(C(=O)C4C=C(C5CCN(C(=O)CCC(=O)[C@@H](CC(C)C)N=C(N)N)CC5)N(C)N4)c(Cl)c3Cl)o2)[C@H](C)[C@@H](O)[C@H]1O. The Kier molecular flexibility index (Phi) is 52.7. The van der Waals surface area contributed by atoms with Crippen LogP contribution in [0.25, 0.3) is 0 Å². The van der Waals surface area contributed by atoms with E-state index < -0.39 is 171 Å². The van der Waals surface area contributed by atoms with E-state index in [-0.39, 0.29) is 265 Å². The van der Waals surface area contributed by atoms with E-state index in [1.807, 2.05) is 26.8 Å². The fraction of sp³-hybridized carbons (Fsp3) is 0.753. The van der Waals surface area contributed by atoms with Crippen molar-refractivity contribution in [1.82, 2.24) is 41.9 Å². The third-order valence-corrected chi connectivity index (χ3v) is 23.9. The van der Waals surface area contributed by atoms with Crippen molar-refractivity contribution >= 4 is 82.0 Å². The van der Waals surface area contributed by atoms with Crippen molar-refractivity contribution in [2.45, 2.75) is 204 Å². The predicted octanol–water partition coefficient (Wildman–Crippen LogP) is -1.77. The van der Waals surface area contributed by atoms with Gasteiger partial charge >= 0.3 is 0 Å². The highest BCUT2D eigenvalue weighted by Gasteiger charge is 2.47. The van der Waals surface area contributed by atoms with E-state index in [9.17, 15) is 84.0 Å². The molecular weight excluding hydrogens is 1840 g/mol. The number of furan rings is 1. The molecule has 6 amide bonds. The molecule has 136 heavy (non-hydrogen) atoms. The Balaban J connectivity index is 0.921. The maximum atomic E-state index is 14.4. The summed E-state index contributed by atoms with van der Waals surface area (Å²) in [5, 5.41) is 96.1. The summed E-state index contributed by atoms with van der Waals surface area (Å²) >= 11 is 13.6. The number of aliphatic hydroxyl groups is 8. The number of nitrogens with one attached hydrogen (secondary N) is 6. The van der Waals surface area contributed by atoms with Gasteiger partial charge in [-0.1, -0.05) is 57.8 Å². The van der Waals surface area contributed by atoms with Crippen molar-refractivity contribution < 1.29 is 164 Å². The molecule has 1 aromatic heterocycles. The predicted molar refractivity (Wildman–Crippen MR) is 484 cm³/mol. The Hall–Kier alpha value is -7.44. The molecule has 5 aliphatic rings. The molecule has 0 bridgehead atoms. The van der Waals surface area contributed by atoms with Crippen molar-refractivity contribution in [1.29, 1.82) is 0 Å². The summed E-state index contributed by atoms with van der Waals surface area (Å²) in [6.45, 7) is 10.1. The Morgan fingerprint density at radius 1 is 0.574 bits per heavy atom.